The molecule has 8 nitrogen and oxygen atoms in total. The van der Waals surface area contributed by atoms with Gasteiger partial charge >= 0.3 is 0 Å². The van der Waals surface area contributed by atoms with Crippen LogP contribution in [-0.2, 0) is 14.4 Å². The molecule has 222 valence electrons. The van der Waals surface area contributed by atoms with Crippen molar-refractivity contribution in [1.29, 1.82) is 0 Å². The van der Waals surface area contributed by atoms with Crippen LogP contribution in [0.4, 0.5) is 24.8 Å². The van der Waals surface area contributed by atoms with Gasteiger partial charge in [0.15, 0.2) is 0 Å². The molecule has 1 N–H and O–H groups in total. The Bertz CT molecular complexity index is 1430. The number of nitrogens with zero attached hydrogens (tertiary/aromatic N) is 4. The van der Waals surface area contributed by atoms with Gasteiger partial charge in [-0.15, -0.1) is 0 Å². The number of benzene rings is 2. The van der Waals surface area contributed by atoms with Crippen LogP contribution in [0.25, 0.3) is 0 Å². The van der Waals surface area contributed by atoms with E-state index in [0.29, 0.717) is 0 Å². The summed E-state index contributed by atoms with van der Waals surface area (Å²) in [5.74, 6) is -5.16. The zero-order chi connectivity index (χ0) is 29.1. The van der Waals surface area contributed by atoms with E-state index in [1.807, 2.05) is 0 Å². The van der Waals surface area contributed by atoms with Gasteiger partial charge in [-0.1, -0.05) is 43.3 Å². The van der Waals surface area contributed by atoms with Gasteiger partial charge in [0.1, 0.15) is 17.9 Å². The van der Waals surface area contributed by atoms with Crippen LogP contribution in [0.1, 0.15) is 57.6 Å². The van der Waals surface area contributed by atoms with E-state index in [0.717, 1.165) is 11.0 Å². The number of carbonyl (C=O) groups excluding carboxylic acids is 3. The van der Waals surface area contributed by atoms with Gasteiger partial charge < -0.3 is 5.32 Å². The van der Waals surface area contributed by atoms with Crippen molar-refractivity contribution in [3.8, 4) is 0 Å². The maximum absolute atomic E-state index is 14.5. The second kappa shape index (κ2) is 12.9. The fourth-order valence-electron chi connectivity index (χ4n) is 5.33. The minimum Gasteiger partial charge on any atom is -0.351 e. The van der Waals surface area contributed by atoms with Crippen molar-refractivity contribution in [2.24, 2.45) is 0 Å². The Balaban J connectivity index is 0.00000405. The second-order valence-corrected chi connectivity index (χ2v) is 10.5. The third-order valence-electron chi connectivity index (χ3n) is 7.36. The molecular weight excluding hydrogens is 571 g/mol. The van der Waals surface area contributed by atoms with Gasteiger partial charge in [-0.25, -0.2) is 23.1 Å². The average Bonchev–Trinajstić information content (AvgIpc) is 3.34. The summed E-state index contributed by atoms with van der Waals surface area (Å²) in [6.45, 7) is 0. The van der Waals surface area contributed by atoms with E-state index in [1.54, 1.807) is 30.3 Å². The summed E-state index contributed by atoms with van der Waals surface area (Å²) in [6, 6.07) is 10.1. The van der Waals surface area contributed by atoms with Crippen LogP contribution in [0.3, 0.4) is 0 Å². The zero-order valence-electron chi connectivity index (χ0n) is 21.9. The molecule has 42 heavy (non-hydrogen) atoms. The summed E-state index contributed by atoms with van der Waals surface area (Å²) in [7, 11) is 0. The largest absolute Gasteiger partial charge is 0.351 e. The molecule has 2 aromatic carbocycles. The molecule has 0 radical (unpaired) electrons. The van der Waals surface area contributed by atoms with Crippen molar-refractivity contribution < 1.29 is 27.6 Å². The minimum absolute atomic E-state index is 0. The second-order valence-electron chi connectivity index (χ2n) is 10.1. The lowest BCUT2D eigenvalue weighted by Gasteiger charge is -2.36. The third kappa shape index (κ3) is 6.56. The maximum Gasteiger partial charge on any atom is 0.251 e. The first kappa shape index (κ1) is 31.0. The predicted molar refractivity (Wildman–Crippen MR) is 153 cm³/mol. The van der Waals surface area contributed by atoms with Crippen molar-refractivity contribution in [3.05, 3.63) is 83.4 Å². The summed E-state index contributed by atoms with van der Waals surface area (Å²) < 4.78 is 42.2. The Labute approximate surface area is 246 Å². The highest BCUT2D eigenvalue weighted by molar-refractivity contribution is 6.31. The van der Waals surface area contributed by atoms with E-state index < -0.39 is 41.7 Å². The number of alkyl halides is 2. The van der Waals surface area contributed by atoms with Crippen LogP contribution >= 0.6 is 11.6 Å². The van der Waals surface area contributed by atoms with E-state index in [-0.39, 0.29) is 74.1 Å². The van der Waals surface area contributed by atoms with Crippen LogP contribution < -0.4 is 15.1 Å². The Kier molecular flexibility index (Phi) is 9.50. The summed E-state index contributed by atoms with van der Waals surface area (Å²) in [6.07, 6.45) is 2.37. The molecule has 1 aliphatic heterocycles. The number of hydrogen-bond acceptors (Lipinski definition) is 5. The van der Waals surface area contributed by atoms with Gasteiger partial charge in [0.2, 0.25) is 23.7 Å². The molecule has 1 saturated heterocycles. The van der Waals surface area contributed by atoms with Crippen LogP contribution in [0.5, 0.6) is 0 Å². The fraction of sp³-hybridized carbons (Fsp3) is 0.367. The number of hydrogen-bond donors (Lipinski definition) is 1. The van der Waals surface area contributed by atoms with Crippen LogP contribution in [0.15, 0.2) is 67.0 Å². The van der Waals surface area contributed by atoms with Crippen molar-refractivity contribution in [3.63, 3.8) is 0 Å². The molecule has 1 aliphatic carbocycles. The minimum atomic E-state index is -2.80. The van der Waals surface area contributed by atoms with Gasteiger partial charge in [-0.05, 0) is 49.6 Å². The molecule has 3 amide bonds. The number of aromatic nitrogens is 2. The summed E-state index contributed by atoms with van der Waals surface area (Å²) in [5, 5.41) is 2.99. The number of carbonyl (C=O) groups is 3. The van der Waals surface area contributed by atoms with Gasteiger partial charge in [0.05, 0.1) is 0 Å². The van der Waals surface area contributed by atoms with Crippen LogP contribution in [0.2, 0.25) is 5.02 Å². The lowest BCUT2D eigenvalue weighted by atomic mass is 9.91. The lowest BCUT2D eigenvalue weighted by molar-refractivity contribution is -0.128. The van der Waals surface area contributed by atoms with E-state index in [4.69, 9.17) is 11.6 Å². The first-order valence-corrected chi connectivity index (χ1v) is 13.6. The quantitative estimate of drug-likeness (QED) is 0.365. The fourth-order valence-corrected chi connectivity index (χ4v) is 5.57. The number of halogens is 4. The molecule has 12 heteroatoms. The number of rotatable bonds is 7. The normalized spacial score (nSPS) is 19.1. The molecule has 3 aromatic rings. The molecule has 2 heterocycles. The van der Waals surface area contributed by atoms with E-state index in [2.05, 4.69) is 15.3 Å². The highest BCUT2D eigenvalue weighted by atomic mass is 35.5. The lowest BCUT2D eigenvalue weighted by Crippen LogP contribution is -2.53. The maximum atomic E-state index is 14.5. The van der Waals surface area contributed by atoms with E-state index in [9.17, 15) is 27.6 Å². The molecule has 0 spiro atoms. The van der Waals surface area contributed by atoms with Crippen molar-refractivity contribution in [2.45, 2.75) is 70.0 Å². The Morgan fingerprint density at radius 2 is 1.71 bits per heavy atom. The first-order valence-electron chi connectivity index (χ1n) is 13.2. The van der Waals surface area contributed by atoms with Gasteiger partial charge in [-0.2, -0.15) is 0 Å². The molecule has 0 bridgehead atoms. The smallest absolute Gasteiger partial charge is 0.251 e. The Morgan fingerprint density at radius 1 is 1.02 bits per heavy atom. The topological polar surface area (TPSA) is 95.5 Å². The van der Waals surface area contributed by atoms with Gasteiger partial charge in [-0.3, -0.25) is 24.2 Å². The van der Waals surface area contributed by atoms with Gasteiger partial charge in [0, 0.05) is 54.0 Å². The van der Waals surface area contributed by atoms with Crippen molar-refractivity contribution in [1.82, 2.24) is 15.3 Å². The average molecular weight is 602 g/mol. The molecule has 2 aliphatic rings. The third-order valence-corrected chi connectivity index (χ3v) is 7.70. The molecule has 1 unspecified atom stereocenters. The molecule has 1 saturated carbocycles. The molecule has 2 fully saturated rings. The predicted octanol–water partition coefficient (Wildman–Crippen LogP) is 5.87. The standard InChI is InChI=1S/C29H27ClF3N5O3.CH4/c30-22-8-2-1-7-21(22)25(26(40)36-19-11-13-29(32,33)14-12-19)37(20-6-3-5-18(31)17-20)27(41)23-9-10-24(39)38(23)28-34-15-4-16-35-28;/h1-8,15-17,19,23,25H,9-14H2,(H,36,40);1H4/t23?,25-;/m0./s1. The Morgan fingerprint density at radius 3 is 2.38 bits per heavy atom. The number of amides is 3. The van der Waals surface area contributed by atoms with E-state index >= 15 is 0 Å². The monoisotopic (exact) mass is 601 g/mol. The molecule has 2 atom stereocenters. The van der Waals surface area contributed by atoms with Gasteiger partial charge in [0.25, 0.3) is 5.91 Å². The molecule has 1 aromatic heterocycles. The summed E-state index contributed by atoms with van der Waals surface area (Å²) in [5.41, 5.74) is 0.302. The first-order chi connectivity index (χ1) is 19.6. The highest BCUT2D eigenvalue weighted by Gasteiger charge is 2.45. The summed E-state index contributed by atoms with van der Waals surface area (Å²) >= 11 is 6.54. The van der Waals surface area contributed by atoms with Crippen LogP contribution in [-0.4, -0.2) is 45.7 Å². The van der Waals surface area contributed by atoms with Crippen molar-refractivity contribution in [2.75, 3.05) is 9.80 Å². The molecule has 5 rings (SSSR count). The number of nitrogens with one attached hydrogen (secondary N) is 1. The highest BCUT2D eigenvalue weighted by Crippen LogP contribution is 2.37. The van der Waals surface area contributed by atoms with Crippen LogP contribution in [0, 0.1) is 5.82 Å². The zero-order valence-corrected chi connectivity index (χ0v) is 22.6. The Hall–Kier alpha value is -3.99. The summed E-state index contributed by atoms with van der Waals surface area (Å²) in [4.78, 5) is 51.9. The van der Waals surface area contributed by atoms with Crippen molar-refractivity contribution >= 4 is 41.0 Å². The van der Waals surface area contributed by atoms with E-state index in [1.165, 1.54) is 35.5 Å². The molecular formula is C30H31ClF3N5O3. The SMILES string of the molecule is C.O=C(NC1CCC(F)(F)CC1)[C@H](c1ccccc1Cl)N(C(=O)C1CCC(=O)N1c1ncccn1)c1cccc(F)c1. The number of anilines is 2.